The maximum Gasteiger partial charge on any atom is 0.306 e. The lowest BCUT2D eigenvalue weighted by atomic mass is 9.98. The zero-order chi connectivity index (χ0) is 51.0. The molecular formula is C55H104O15. The quantitative estimate of drug-likeness (QED) is 0.0223. The summed E-state index contributed by atoms with van der Waals surface area (Å²) in [4.78, 5) is 25.8. The summed E-state index contributed by atoms with van der Waals surface area (Å²) in [5.41, 5.74) is 0. The molecule has 0 aromatic heterocycles. The van der Waals surface area contributed by atoms with Gasteiger partial charge in [-0.15, -0.1) is 0 Å². The number of carbonyl (C=O) groups is 2. The summed E-state index contributed by atoms with van der Waals surface area (Å²) in [5, 5.41) is 72.2. The third kappa shape index (κ3) is 30.0. The van der Waals surface area contributed by atoms with Gasteiger partial charge in [-0.05, 0) is 12.8 Å². The van der Waals surface area contributed by atoms with Gasteiger partial charge in [0.1, 0.15) is 55.4 Å². The highest BCUT2D eigenvalue weighted by molar-refractivity contribution is 5.70. The number of carbonyl (C=O) groups excluding carboxylic acids is 2. The van der Waals surface area contributed by atoms with Crippen LogP contribution in [0, 0.1) is 0 Å². The maximum absolute atomic E-state index is 13.1. The van der Waals surface area contributed by atoms with Gasteiger partial charge in [-0.2, -0.15) is 0 Å². The first-order valence-corrected chi connectivity index (χ1v) is 28.6. The second-order valence-corrected chi connectivity index (χ2v) is 20.5. The lowest BCUT2D eigenvalue weighted by Crippen LogP contribution is -2.61. The highest BCUT2D eigenvalue weighted by atomic mass is 16.7. The molecule has 2 aliphatic heterocycles. The Balaban J connectivity index is 1.75. The minimum Gasteiger partial charge on any atom is -0.462 e. The van der Waals surface area contributed by atoms with Crippen LogP contribution in [-0.2, 0) is 38.0 Å². The molecule has 2 heterocycles. The molecule has 15 heteroatoms. The molecule has 2 saturated heterocycles. The molecule has 0 aromatic carbocycles. The Bertz CT molecular complexity index is 1230. The first-order chi connectivity index (χ1) is 34.0. The Morgan fingerprint density at radius 2 is 0.729 bits per heavy atom. The van der Waals surface area contributed by atoms with Crippen LogP contribution in [0.2, 0.25) is 0 Å². The molecule has 0 aliphatic carbocycles. The van der Waals surface area contributed by atoms with E-state index >= 15 is 0 Å². The van der Waals surface area contributed by atoms with E-state index in [4.69, 9.17) is 28.4 Å². The van der Waals surface area contributed by atoms with Crippen LogP contribution in [0.15, 0.2) is 0 Å². The summed E-state index contributed by atoms with van der Waals surface area (Å²) >= 11 is 0. The summed E-state index contributed by atoms with van der Waals surface area (Å²) in [5.74, 6) is -0.905. The fourth-order valence-electron chi connectivity index (χ4n) is 9.40. The van der Waals surface area contributed by atoms with E-state index in [1.165, 1.54) is 167 Å². The summed E-state index contributed by atoms with van der Waals surface area (Å²) < 4.78 is 33.7. The molecule has 0 radical (unpaired) electrons. The SMILES string of the molecule is CCCCCCCCCCCCCCCCCCCCCC(=O)O[C@H](COC(=O)CCCCCCCCCCCCCCCCC)CO[C@H]1O[C@@H](CO[C@H]2O[C@@H](CO)[C@@H](O)C(O)C2O)[C@@H](O)C(O)C1O. The molecule has 2 aliphatic rings. The number of rotatable bonds is 46. The molecule has 2 rings (SSSR count). The molecule has 0 bridgehead atoms. The van der Waals surface area contributed by atoms with Crippen molar-refractivity contribution in [3.63, 3.8) is 0 Å². The molecule has 0 spiro atoms. The molecule has 0 saturated carbocycles. The lowest BCUT2D eigenvalue weighted by molar-refractivity contribution is -0.332. The monoisotopic (exact) mass is 1000 g/mol. The van der Waals surface area contributed by atoms with Crippen LogP contribution in [0.4, 0.5) is 0 Å². The van der Waals surface area contributed by atoms with Gasteiger partial charge in [-0.3, -0.25) is 9.59 Å². The number of ether oxygens (including phenoxy) is 6. The smallest absolute Gasteiger partial charge is 0.306 e. The Kier molecular flexibility index (Phi) is 39.5. The Hall–Kier alpha value is -1.50. The number of unbranched alkanes of at least 4 members (excludes halogenated alkanes) is 32. The van der Waals surface area contributed by atoms with Crippen LogP contribution in [0.1, 0.15) is 245 Å². The Morgan fingerprint density at radius 1 is 0.400 bits per heavy atom. The number of esters is 2. The molecule has 11 atom stereocenters. The summed E-state index contributed by atoms with van der Waals surface area (Å²) in [7, 11) is 0. The standard InChI is InChI=1S/C55H104O15/c1-3-5-7-9-11-13-15-17-19-20-21-22-24-26-28-30-32-34-36-38-47(58)68-43(40-65-46(57)37-35-33-31-29-27-25-23-18-16-14-12-10-8-6-4-2)41-66-54-53(64)51(62)49(60)45(70-54)42-67-55-52(63)50(61)48(59)44(39-56)69-55/h43-45,48-56,59-64H,3-42H2,1-2H3/t43-,44+,45+,48-,49-,50?,51?,52?,53?,54+,55+/m1/s1. The normalized spacial score (nSPS) is 25.3. The Labute approximate surface area is 423 Å². The van der Waals surface area contributed by atoms with Crippen molar-refractivity contribution in [3.8, 4) is 0 Å². The molecule has 2 fully saturated rings. The first kappa shape index (κ1) is 64.6. The van der Waals surface area contributed by atoms with Crippen molar-refractivity contribution < 1.29 is 73.8 Å². The van der Waals surface area contributed by atoms with Crippen LogP contribution in [0.3, 0.4) is 0 Å². The van der Waals surface area contributed by atoms with E-state index in [2.05, 4.69) is 13.8 Å². The number of hydrogen-bond donors (Lipinski definition) is 7. The van der Waals surface area contributed by atoms with Gasteiger partial charge in [0.25, 0.3) is 0 Å². The Morgan fingerprint density at radius 3 is 1.11 bits per heavy atom. The zero-order valence-corrected chi connectivity index (χ0v) is 44.0. The highest BCUT2D eigenvalue weighted by Crippen LogP contribution is 2.27. The van der Waals surface area contributed by atoms with Gasteiger partial charge >= 0.3 is 11.9 Å². The summed E-state index contributed by atoms with van der Waals surface area (Å²) in [6, 6.07) is 0. The summed E-state index contributed by atoms with van der Waals surface area (Å²) in [6.45, 7) is 2.65. The third-order valence-electron chi connectivity index (χ3n) is 14.1. The molecule has 7 N–H and O–H groups in total. The molecule has 0 aromatic rings. The van der Waals surface area contributed by atoms with Gasteiger partial charge in [0.2, 0.25) is 0 Å². The van der Waals surface area contributed by atoms with Crippen molar-refractivity contribution in [2.75, 3.05) is 26.4 Å². The van der Waals surface area contributed by atoms with E-state index in [0.717, 1.165) is 38.5 Å². The maximum atomic E-state index is 13.1. The molecule has 15 nitrogen and oxygen atoms in total. The largest absolute Gasteiger partial charge is 0.462 e. The van der Waals surface area contributed by atoms with E-state index in [0.29, 0.717) is 12.8 Å². The van der Waals surface area contributed by atoms with Gasteiger partial charge < -0.3 is 64.2 Å². The fourth-order valence-corrected chi connectivity index (χ4v) is 9.40. The van der Waals surface area contributed by atoms with Gasteiger partial charge in [-0.25, -0.2) is 0 Å². The van der Waals surface area contributed by atoms with E-state index in [1.54, 1.807) is 0 Å². The van der Waals surface area contributed by atoms with Gasteiger partial charge in [-0.1, -0.05) is 219 Å². The van der Waals surface area contributed by atoms with Crippen LogP contribution in [-0.4, -0.2) is 142 Å². The van der Waals surface area contributed by atoms with Crippen LogP contribution < -0.4 is 0 Å². The van der Waals surface area contributed by atoms with Crippen molar-refractivity contribution in [2.45, 2.75) is 313 Å². The molecule has 414 valence electrons. The van der Waals surface area contributed by atoms with E-state index in [9.17, 15) is 45.3 Å². The van der Waals surface area contributed by atoms with Gasteiger partial charge in [0, 0.05) is 12.8 Å². The van der Waals surface area contributed by atoms with Crippen LogP contribution >= 0.6 is 0 Å². The first-order valence-electron chi connectivity index (χ1n) is 28.6. The van der Waals surface area contributed by atoms with Gasteiger partial charge in [0.15, 0.2) is 18.7 Å². The third-order valence-corrected chi connectivity index (χ3v) is 14.1. The minimum absolute atomic E-state index is 0.174. The van der Waals surface area contributed by atoms with Crippen molar-refractivity contribution in [1.29, 1.82) is 0 Å². The second kappa shape index (κ2) is 42.8. The predicted octanol–water partition coefficient (Wildman–Crippen LogP) is 9.17. The molecule has 4 unspecified atom stereocenters. The fraction of sp³-hybridized carbons (Fsp3) is 0.964. The van der Waals surface area contributed by atoms with Crippen molar-refractivity contribution in [1.82, 2.24) is 0 Å². The second-order valence-electron chi connectivity index (χ2n) is 20.5. The van der Waals surface area contributed by atoms with Crippen molar-refractivity contribution >= 4 is 11.9 Å². The topological polar surface area (TPSA) is 231 Å². The zero-order valence-electron chi connectivity index (χ0n) is 44.0. The van der Waals surface area contributed by atoms with Crippen LogP contribution in [0.5, 0.6) is 0 Å². The molecular weight excluding hydrogens is 901 g/mol. The number of aliphatic hydroxyl groups is 7. The average molecular weight is 1010 g/mol. The van der Waals surface area contributed by atoms with E-state index in [-0.39, 0.29) is 26.1 Å². The number of hydrogen-bond acceptors (Lipinski definition) is 15. The van der Waals surface area contributed by atoms with Gasteiger partial charge in [0.05, 0.1) is 19.8 Å². The number of aliphatic hydroxyl groups excluding tert-OH is 7. The van der Waals surface area contributed by atoms with Crippen molar-refractivity contribution in [3.05, 3.63) is 0 Å². The molecule has 70 heavy (non-hydrogen) atoms. The predicted molar refractivity (Wildman–Crippen MR) is 271 cm³/mol. The lowest BCUT2D eigenvalue weighted by Gasteiger charge is -2.42. The minimum atomic E-state index is -1.76. The highest BCUT2D eigenvalue weighted by Gasteiger charge is 2.47. The summed E-state index contributed by atoms with van der Waals surface area (Å²) in [6.07, 6.45) is 25.5. The van der Waals surface area contributed by atoms with Crippen LogP contribution in [0.25, 0.3) is 0 Å². The van der Waals surface area contributed by atoms with E-state index in [1.807, 2.05) is 0 Å². The average Bonchev–Trinajstić information content (AvgIpc) is 3.35. The van der Waals surface area contributed by atoms with Crippen molar-refractivity contribution in [2.24, 2.45) is 0 Å². The van der Waals surface area contributed by atoms with E-state index < -0.39 is 92.7 Å². The molecule has 0 amide bonds.